The fourth-order valence-corrected chi connectivity index (χ4v) is 0. The third kappa shape index (κ3) is 23.8. The molecule has 61 valence electrons. The van der Waals surface area contributed by atoms with Crippen molar-refractivity contribution >= 4 is 28.7 Å². The molecule has 0 fully saturated rings. The molecule has 0 spiro atoms. The Morgan fingerprint density at radius 1 is 1.40 bits per heavy atom. The summed E-state index contributed by atoms with van der Waals surface area (Å²) in [6.45, 7) is 1.20. The predicted molar refractivity (Wildman–Crippen MR) is 42.7 cm³/mol. The number of rotatable bonds is 1. The third-order valence-corrected chi connectivity index (χ3v) is 0.357. The molecule has 0 saturated carbocycles. The summed E-state index contributed by atoms with van der Waals surface area (Å²) in [4.78, 5) is 9.45. The van der Waals surface area contributed by atoms with Crippen molar-refractivity contribution in [2.24, 2.45) is 0 Å². The van der Waals surface area contributed by atoms with Crippen LogP contribution < -0.4 is 0 Å². The van der Waals surface area contributed by atoms with Gasteiger partial charge in [0.2, 0.25) is 0 Å². The SMILES string of the molecule is CC(O)C(=O)O.[CH3][Pb]([CH3])[CH3]. The number of aliphatic hydroxyl groups is 1. The molecule has 10 heavy (non-hydrogen) atoms. The maximum atomic E-state index is 9.45. The average Bonchev–Trinajstić information content (AvgIpc) is 1.63. The monoisotopic (exact) mass is 343 g/mol. The van der Waals surface area contributed by atoms with Crippen LogP contribution in [0.3, 0.4) is 0 Å². The summed E-state index contributed by atoms with van der Waals surface area (Å²) >= 11 is -0.657. The number of carboxylic acids is 1. The second kappa shape index (κ2) is 7.46. The molecule has 2 N–H and O–H groups in total. The molecule has 0 rings (SSSR count). The molecule has 0 saturated heterocycles. The quantitative estimate of drug-likeness (QED) is 0.694. The zero-order valence-electron chi connectivity index (χ0n) is 6.88. The van der Waals surface area contributed by atoms with Crippen molar-refractivity contribution in [3.8, 4) is 0 Å². The summed E-state index contributed by atoms with van der Waals surface area (Å²) in [7, 11) is 0. The summed E-state index contributed by atoms with van der Waals surface area (Å²) < 4.78 is 7.14. The van der Waals surface area contributed by atoms with Crippen LogP contribution in [-0.2, 0) is 4.79 Å². The Balaban J connectivity index is 0. The van der Waals surface area contributed by atoms with E-state index in [9.17, 15) is 4.79 Å². The predicted octanol–water partition coefficient (Wildman–Crippen LogP) is 0.822. The molecule has 0 aliphatic rings. The number of carboxylic acid groups (broad SMARTS) is 1. The second-order valence-corrected chi connectivity index (χ2v) is 14.2. The molecule has 1 radical (unpaired) electrons. The second-order valence-electron chi connectivity index (χ2n) is 2.51. The van der Waals surface area contributed by atoms with Gasteiger partial charge in [-0.05, 0) is 6.92 Å². The Morgan fingerprint density at radius 3 is 1.50 bits per heavy atom. The number of aliphatic hydroxyl groups excluding tert-OH is 1. The van der Waals surface area contributed by atoms with E-state index >= 15 is 0 Å². The minimum absolute atomic E-state index is 0.657. The maximum absolute atomic E-state index is 9.45. The first-order valence-corrected chi connectivity index (χ1v) is 14.7. The molecule has 0 amide bonds. The molecule has 3 nitrogen and oxygen atoms in total. The van der Waals surface area contributed by atoms with Crippen LogP contribution in [0.4, 0.5) is 0 Å². The molecule has 0 bridgehead atoms. The van der Waals surface area contributed by atoms with E-state index in [2.05, 4.69) is 13.4 Å². The van der Waals surface area contributed by atoms with Crippen molar-refractivity contribution in [1.29, 1.82) is 0 Å². The number of hydrogen-bond donors (Lipinski definition) is 2. The molecule has 0 aromatic rings. The van der Waals surface area contributed by atoms with E-state index in [1.165, 1.54) is 6.92 Å². The van der Waals surface area contributed by atoms with Gasteiger partial charge in [0.15, 0.2) is 0 Å². The van der Waals surface area contributed by atoms with Crippen molar-refractivity contribution in [2.75, 3.05) is 0 Å². The molecule has 0 heterocycles. The Hall–Kier alpha value is 0.352. The average molecular weight is 342 g/mol. The van der Waals surface area contributed by atoms with E-state index in [0.717, 1.165) is 0 Å². The topological polar surface area (TPSA) is 57.5 Å². The molecule has 0 aliphatic carbocycles. The summed E-state index contributed by atoms with van der Waals surface area (Å²) in [6, 6.07) is 0. The van der Waals surface area contributed by atoms with E-state index in [1.54, 1.807) is 0 Å². The van der Waals surface area contributed by atoms with Gasteiger partial charge >= 0.3 is 42.1 Å². The summed E-state index contributed by atoms with van der Waals surface area (Å²) in [5.41, 5.74) is 0. The van der Waals surface area contributed by atoms with Gasteiger partial charge < -0.3 is 10.2 Å². The van der Waals surface area contributed by atoms with Crippen LogP contribution in [0.25, 0.3) is 0 Å². The zero-order valence-corrected chi connectivity index (χ0v) is 10.8. The van der Waals surface area contributed by atoms with Gasteiger partial charge in [-0.25, -0.2) is 4.79 Å². The minimum atomic E-state index is -1.23. The van der Waals surface area contributed by atoms with Gasteiger partial charge in [-0.2, -0.15) is 0 Å². The first-order valence-electron chi connectivity index (χ1n) is 3.05. The molecule has 4 heteroatoms. The van der Waals surface area contributed by atoms with Crippen molar-refractivity contribution in [1.82, 2.24) is 0 Å². The molecule has 0 aromatic carbocycles. The van der Waals surface area contributed by atoms with Gasteiger partial charge in [0.05, 0.1) is 0 Å². The molecule has 0 aromatic heterocycles. The van der Waals surface area contributed by atoms with E-state index in [4.69, 9.17) is 10.2 Å². The van der Waals surface area contributed by atoms with Crippen LogP contribution in [0.2, 0.25) is 13.4 Å². The van der Waals surface area contributed by atoms with Crippen LogP contribution in [0, 0.1) is 0 Å². The first-order chi connectivity index (χ1) is 4.37. The van der Waals surface area contributed by atoms with Crippen LogP contribution >= 0.6 is 0 Å². The van der Waals surface area contributed by atoms with Crippen LogP contribution in [-0.4, -0.2) is 45.0 Å². The van der Waals surface area contributed by atoms with Crippen molar-refractivity contribution in [3.63, 3.8) is 0 Å². The van der Waals surface area contributed by atoms with Crippen molar-refractivity contribution in [3.05, 3.63) is 0 Å². The Kier molecular flexibility index (Phi) is 9.68. The fourth-order valence-electron chi connectivity index (χ4n) is 0. The van der Waals surface area contributed by atoms with E-state index in [0.29, 0.717) is 0 Å². The normalized spacial score (nSPS) is 11.8. The van der Waals surface area contributed by atoms with Crippen LogP contribution in [0.15, 0.2) is 0 Å². The van der Waals surface area contributed by atoms with Crippen molar-refractivity contribution < 1.29 is 15.0 Å². The standard InChI is InChI=1S/C3H6O3.3CH3.Pb/c1-2(4)3(5)6;;;;/h2,4H,1H3,(H,5,6);3*1H3;. The Bertz CT molecular complexity index is 88.2. The molecular formula is C6H15O3Pb. The zero-order chi connectivity index (χ0) is 8.73. The fraction of sp³-hybridized carbons (Fsp3) is 0.833. The Labute approximate surface area is 70.2 Å². The van der Waals surface area contributed by atoms with Crippen LogP contribution in [0.1, 0.15) is 6.92 Å². The number of carbonyl (C=O) groups is 1. The van der Waals surface area contributed by atoms with E-state index in [1.807, 2.05) is 0 Å². The van der Waals surface area contributed by atoms with Gasteiger partial charge in [0.1, 0.15) is 6.10 Å². The first kappa shape index (κ1) is 13.0. The molecule has 1 unspecified atom stereocenters. The van der Waals surface area contributed by atoms with Gasteiger partial charge in [-0.1, -0.05) is 0 Å². The van der Waals surface area contributed by atoms with Gasteiger partial charge in [-0.3, -0.25) is 0 Å². The number of hydrogen-bond acceptors (Lipinski definition) is 2. The molecule has 0 aliphatic heterocycles. The molecule has 1 atom stereocenters. The van der Waals surface area contributed by atoms with E-state index in [-0.39, 0.29) is 0 Å². The van der Waals surface area contributed by atoms with E-state index < -0.39 is 34.8 Å². The number of aliphatic carboxylic acids is 1. The van der Waals surface area contributed by atoms with Gasteiger partial charge in [0, 0.05) is 0 Å². The Morgan fingerprint density at radius 2 is 1.50 bits per heavy atom. The third-order valence-electron chi connectivity index (χ3n) is 0.357. The summed E-state index contributed by atoms with van der Waals surface area (Å²) in [6.07, 6.45) is -1.23. The van der Waals surface area contributed by atoms with Crippen LogP contribution in [0.5, 0.6) is 0 Å². The van der Waals surface area contributed by atoms with Crippen molar-refractivity contribution in [2.45, 2.75) is 26.5 Å². The van der Waals surface area contributed by atoms with Gasteiger partial charge in [0.25, 0.3) is 0 Å². The summed E-state index contributed by atoms with van der Waals surface area (Å²) in [5, 5.41) is 15.8. The molecular weight excluding hydrogens is 327 g/mol. The van der Waals surface area contributed by atoms with Gasteiger partial charge in [-0.15, -0.1) is 0 Å². The summed E-state index contributed by atoms with van der Waals surface area (Å²) in [5.74, 6) is -1.19.